The van der Waals surface area contributed by atoms with Crippen molar-refractivity contribution < 1.29 is 32.9 Å². The second-order valence-corrected chi connectivity index (χ2v) is 7.73. The Morgan fingerprint density at radius 1 is 1.00 bits per heavy atom. The van der Waals surface area contributed by atoms with Gasteiger partial charge < -0.3 is 23.8 Å². The van der Waals surface area contributed by atoms with Gasteiger partial charge in [0.25, 0.3) is 5.91 Å². The summed E-state index contributed by atoms with van der Waals surface area (Å²) in [4.78, 5) is 26.2. The van der Waals surface area contributed by atoms with Crippen LogP contribution in [-0.4, -0.2) is 55.8 Å². The van der Waals surface area contributed by atoms with Crippen molar-refractivity contribution in [1.29, 1.82) is 0 Å². The van der Waals surface area contributed by atoms with Gasteiger partial charge in [-0.25, -0.2) is 9.18 Å². The van der Waals surface area contributed by atoms with Crippen LogP contribution in [0.1, 0.15) is 32.3 Å². The van der Waals surface area contributed by atoms with E-state index in [1.54, 1.807) is 48.2 Å². The van der Waals surface area contributed by atoms with E-state index in [2.05, 4.69) is 0 Å². The normalized spacial score (nSPS) is 14.1. The summed E-state index contributed by atoms with van der Waals surface area (Å²) in [6.45, 7) is 5.85. The number of esters is 1. The maximum absolute atomic E-state index is 13.0. The molecule has 7 nitrogen and oxygen atoms in total. The van der Waals surface area contributed by atoms with E-state index in [0.29, 0.717) is 42.5 Å². The molecule has 1 unspecified atom stereocenters. The zero-order valence-electron chi connectivity index (χ0n) is 19.5. The molecule has 1 fully saturated rings. The van der Waals surface area contributed by atoms with Gasteiger partial charge in [0, 0.05) is 19.2 Å². The summed E-state index contributed by atoms with van der Waals surface area (Å²) in [6.07, 6.45) is 4.03. The van der Waals surface area contributed by atoms with E-state index in [1.807, 2.05) is 6.92 Å². The Balaban J connectivity index is 1.51. The standard InChI is InChI=1S/C26H30FNO6/c1-3-31-24-18-20(7-13-25(29)34-19(2)26(30)28-14-4-5-15-28)6-12-23(24)33-17-16-32-22-10-8-21(27)9-11-22/h6-13,18-19H,3-5,14-17H2,1-2H3/b13-7+. The number of hydrogen-bond donors (Lipinski definition) is 0. The molecule has 1 amide bonds. The molecule has 0 bridgehead atoms. The van der Waals surface area contributed by atoms with Gasteiger partial charge in [-0.15, -0.1) is 0 Å². The molecule has 0 radical (unpaired) electrons. The highest BCUT2D eigenvalue weighted by molar-refractivity contribution is 5.90. The molecule has 1 aliphatic rings. The number of hydrogen-bond acceptors (Lipinski definition) is 6. The summed E-state index contributed by atoms with van der Waals surface area (Å²) in [5.41, 5.74) is 0.717. The largest absolute Gasteiger partial charge is 0.490 e. The molecule has 8 heteroatoms. The lowest BCUT2D eigenvalue weighted by Crippen LogP contribution is -2.37. The van der Waals surface area contributed by atoms with Gasteiger partial charge in [0.05, 0.1) is 6.61 Å². The van der Waals surface area contributed by atoms with Crippen molar-refractivity contribution in [2.75, 3.05) is 32.9 Å². The molecule has 0 aliphatic carbocycles. The monoisotopic (exact) mass is 471 g/mol. The molecule has 0 spiro atoms. The Bertz CT molecular complexity index is 985. The molecule has 0 aromatic heterocycles. The van der Waals surface area contributed by atoms with Crippen molar-refractivity contribution in [2.24, 2.45) is 0 Å². The van der Waals surface area contributed by atoms with Gasteiger partial charge in [0.2, 0.25) is 0 Å². The topological polar surface area (TPSA) is 74.3 Å². The van der Waals surface area contributed by atoms with Crippen molar-refractivity contribution in [2.45, 2.75) is 32.8 Å². The van der Waals surface area contributed by atoms with Crippen molar-refractivity contribution in [3.63, 3.8) is 0 Å². The Morgan fingerprint density at radius 2 is 1.71 bits per heavy atom. The summed E-state index contributed by atoms with van der Waals surface area (Å²) in [7, 11) is 0. The third kappa shape index (κ3) is 7.50. The first-order valence-corrected chi connectivity index (χ1v) is 11.4. The fraction of sp³-hybridized carbons (Fsp3) is 0.385. The lowest BCUT2D eigenvalue weighted by atomic mass is 10.2. The fourth-order valence-electron chi connectivity index (χ4n) is 3.48. The zero-order chi connectivity index (χ0) is 24.3. The lowest BCUT2D eigenvalue weighted by Gasteiger charge is -2.19. The summed E-state index contributed by atoms with van der Waals surface area (Å²) in [5.74, 6) is 0.543. The van der Waals surface area contributed by atoms with Crippen LogP contribution in [0.2, 0.25) is 0 Å². The van der Waals surface area contributed by atoms with Crippen molar-refractivity contribution >= 4 is 18.0 Å². The van der Waals surface area contributed by atoms with Crippen LogP contribution in [-0.2, 0) is 14.3 Å². The SMILES string of the molecule is CCOc1cc(/C=C/C(=O)OC(C)C(=O)N2CCCC2)ccc1OCCOc1ccc(F)cc1. The summed E-state index contributed by atoms with van der Waals surface area (Å²) >= 11 is 0. The number of rotatable bonds is 11. The van der Waals surface area contributed by atoms with Crippen molar-refractivity contribution in [3.05, 3.63) is 59.9 Å². The van der Waals surface area contributed by atoms with Gasteiger partial charge >= 0.3 is 5.97 Å². The van der Waals surface area contributed by atoms with Crippen LogP contribution in [0.3, 0.4) is 0 Å². The number of halogens is 1. The number of carbonyl (C=O) groups is 2. The number of ether oxygens (including phenoxy) is 4. The molecule has 3 rings (SSSR count). The minimum absolute atomic E-state index is 0.164. The summed E-state index contributed by atoms with van der Waals surface area (Å²) in [5, 5.41) is 0. The number of likely N-dealkylation sites (tertiary alicyclic amines) is 1. The van der Waals surface area contributed by atoms with Gasteiger partial charge in [0.1, 0.15) is 24.8 Å². The minimum Gasteiger partial charge on any atom is -0.490 e. The van der Waals surface area contributed by atoms with Crippen LogP contribution in [0.4, 0.5) is 4.39 Å². The number of amides is 1. The minimum atomic E-state index is -0.817. The fourth-order valence-corrected chi connectivity index (χ4v) is 3.48. The third-order valence-corrected chi connectivity index (χ3v) is 5.16. The Morgan fingerprint density at radius 3 is 2.41 bits per heavy atom. The van der Waals surface area contributed by atoms with Crippen molar-refractivity contribution in [3.8, 4) is 17.2 Å². The molecule has 0 N–H and O–H groups in total. The van der Waals surface area contributed by atoms with Crippen LogP contribution in [0.15, 0.2) is 48.5 Å². The smallest absolute Gasteiger partial charge is 0.331 e. The Labute approximate surface area is 199 Å². The molecule has 2 aromatic rings. The molecule has 34 heavy (non-hydrogen) atoms. The van der Waals surface area contributed by atoms with E-state index >= 15 is 0 Å². The molecular formula is C26H30FNO6. The maximum atomic E-state index is 13.0. The van der Waals surface area contributed by atoms with E-state index < -0.39 is 12.1 Å². The lowest BCUT2D eigenvalue weighted by molar-refractivity contribution is -0.154. The number of carbonyl (C=O) groups excluding carboxylic acids is 2. The third-order valence-electron chi connectivity index (χ3n) is 5.16. The molecule has 1 atom stereocenters. The molecule has 2 aromatic carbocycles. The van der Waals surface area contributed by atoms with Gasteiger partial charge in [-0.1, -0.05) is 6.07 Å². The number of benzene rings is 2. The average molecular weight is 472 g/mol. The predicted molar refractivity (Wildman–Crippen MR) is 125 cm³/mol. The first kappa shape index (κ1) is 25.1. The second-order valence-electron chi connectivity index (χ2n) is 7.73. The van der Waals surface area contributed by atoms with E-state index in [1.165, 1.54) is 18.2 Å². The van der Waals surface area contributed by atoms with Gasteiger partial charge in [-0.05, 0) is 74.7 Å². The van der Waals surface area contributed by atoms with Crippen LogP contribution in [0, 0.1) is 5.82 Å². The van der Waals surface area contributed by atoms with Crippen LogP contribution < -0.4 is 14.2 Å². The molecular weight excluding hydrogens is 441 g/mol. The van der Waals surface area contributed by atoms with E-state index in [9.17, 15) is 14.0 Å². The Hall–Kier alpha value is -3.55. The maximum Gasteiger partial charge on any atom is 0.331 e. The molecule has 1 heterocycles. The van der Waals surface area contributed by atoms with Gasteiger partial charge in [-0.3, -0.25) is 4.79 Å². The van der Waals surface area contributed by atoms with Gasteiger partial charge in [-0.2, -0.15) is 0 Å². The highest BCUT2D eigenvalue weighted by Gasteiger charge is 2.25. The van der Waals surface area contributed by atoms with Crippen molar-refractivity contribution in [1.82, 2.24) is 4.90 Å². The highest BCUT2D eigenvalue weighted by atomic mass is 19.1. The van der Waals surface area contributed by atoms with E-state index in [-0.39, 0.29) is 24.9 Å². The Kier molecular flexibility index (Phi) is 9.31. The van der Waals surface area contributed by atoms with E-state index in [4.69, 9.17) is 18.9 Å². The number of nitrogens with zero attached hydrogens (tertiary/aromatic N) is 1. The van der Waals surface area contributed by atoms with Gasteiger partial charge in [0.15, 0.2) is 17.6 Å². The van der Waals surface area contributed by atoms with Crippen LogP contribution in [0.5, 0.6) is 17.2 Å². The van der Waals surface area contributed by atoms with Crippen LogP contribution in [0.25, 0.3) is 6.08 Å². The molecule has 182 valence electrons. The highest BCUT2D eigenvalue weighted by Crippen LogP contribution is 2.29. The molecule has 1 aliphatic heterocycles. The summed E-state index contributed by atoms with van der Waals surface area (Å²) < 4.78 is 35.1. The molecule has 1 saturated heterocycles. The first-order valence-electron chi connectivity index (χ1n) is 11.4. The summed E-state index contributed by atoms with van der Waals surface area (Å²) in [6, 6.07) is 11.0. The average Bonchev–Trinajstić information content (AvgIpc) is 3.37. The zero-order valence-corrected chi connectivity index (χ0v) is 19.5. The van der Waals surface area contributed by atoms with E-state index in [0.717, 1.165) is 12.8 Å². The second kappa shape index (κ2) is 12.6. The van der Waals surface area contributed by atoms with Crippen LogP contribution >= 0.6 is 0 Å². The quantitative estimate of drug-likeness (QED) is 0.277. The first-order chi connectivity index (χ1) is 16.5. The molecule has 0 saturated carbocycles. The predicted octanol–water partition coefficient (Wildman–Crippen LogP) is 4.25.